The highest BCUT2D eigenvalue weighted by Crippen LogP contribution is 2.25. The summed E-state index contributed by atoms with van der Waals surface area (Å²) in [5, 5.41) is 0. The van der Waals surface area contributed by atoms with Crippen LogP contribution in [0.5, 0.6) is 0 Å². The van der Waals surface area contributed by atoms with E-state index in [9.17, 15) is 4.79 Å². The Labute approximate surface area is 139 Å². The molecule has 1 aliphatic heterocycles. The smallest absolute Gasteiger partial charge is 0.226 e. The molecular weight excluding hydrogens is 286 g/mol. The van der Waals surface area contributed by atoms with Crippen LogP contribution in [-0.2, 0) is 11.3 Å². The predicted octanol–water partition coefficient (Wildman–Crippen LogP) is 2.72. The van der Waals surface area contributed by atoms with E-state index in [-0.39, 0.29) is 5.92 Å². The van der Waals surface area contributed by atoms with Gasteiger partial charge in [-0.15, -0.1) is 0 Å². The lowest BCUT2D eigenvalue weighted by Crippen LogP contribution is -2.36. The number of aromatic nitrogens is 1. The summed E-state index contributed by atoms with van der Waals surface area (Å²) in [5.41, 5.74) is 1.25. The van der Waals surface area contributed by atoms with Gasteiger partial charge >= 0.3 is 0 Å². The maximum Gasteiger partial charge on any atom is 0.226 e. The van der Waals surface area contributed by atoms with E-state index >= 15 is 0 Å². The first-order chi connectivity index (χ1) is 11.2. The van der Waals surface area contributed by atoms with Crippen LogP contribution in [0, 0.1) is 11.8 Å². The number of hydrogen-bond donors (Lipinski definition) is 0. The Balaban J connectivity index is 1.46. The zero-order chi connectivity index (χ0) is 16.1. The van der Waals surface area contributed by atoms with Gasteiger partial charge in [-0.3, -0.25) is 9.78 Å². The molecular formula is C19H27N3O. The van der Waals surface area contributed by atoms with Crippen molar-refractivity contribution in [3.05, 3.63) is 42.2 Å². The molecule has 1 aromatic heterocycles. The SMILES string of the molecule is CN(Cc1cccnc1)CC1CCN(C(=O)C2CC=CCC2)C1. The van der Waals surface area contributed by atoms with E-state index in [1.807, 2.05) is 18.5 Å². The Morgan fingerprint density at radius 3 is 3.04 bits per heavy atom. The van der Waals surface area contributed by atoms with Crippen molar-refractivity contribution >= 4 is 5.91 Å². The van der Waals surface area contributed by atoms with Gasteiger partial charge in [0.2, 0.25) is 5.91 Å². The summed E-state index contributed by atoms with van der Waals surface area (Å²) in [5.74, 6) is 1.21. The van der Waals surface area contributed by atoms with Crippen LogP contribution in [0.4, 0.5) is 0 Å². The summed E-state index contributed by atoms with van der Waals surface area (Å²) in [4.78, 5) is 21.2. The quantitative estimate of drug-likeness (QED) is 0.784. The van der Waals surface area contributed by atoms with Crippen molar-refractivity contribution in [2.45, 2.75) is 32.2 Å². The minimum absolute atomic E-state index is 0.229. The summed E-state index contributed by atoms with van der Waals surface area (Å²) >= 11 is 0. The van der Waals surface area contributed by atoms with E-state index in [1.165, 1.54) is 5.56 Å². The lowest BCUT2D eigenvalue weighted by Gasteiger charge is -2.25. The number of likely N-dealkylation sites (tertiary alicyclic amines) is 1. The summed E-state index contributed by atoms with van der Waals surface area (Å²) in [6.45, 7) is 3.83. The molecule has 1 saturated heterocycles. The predicted molar refractivity (Wildman–Crippen MR) is 91.7 cm³/mol. The van der Waals surface area contributed by atoms with Gasteiger partial charge in [0, 0.05) is 44.5 Å². The highest BCUT2D eigenvalue weighted by Gasteiger charge is 2.31. The number of nitrogens with zero attached hydrogens (tertiary/aromatic N) is 3. The van der Waals surface area contributed by atoms with Gasteiger partial charge in [-0.1, -0.05) is 18.2 Å². The molecule has 0 spiro atoms. The molecule has 0 N–H and O–H groups in total. The molecule has 1 amide bonds. The zero-order valence-corrected chi connectivity index (χ0v) is 14.0. The first-order valence-electron chi connectivity index (χ1n) is 8.73. The average Bonchev–Trinajstić information content (AvgIpc) is 3.04. The Morgan fingerprint density at radius 2 is 2.30 bits per heavy atom. The highest BCUT2D eigenvalue weighted by atomic mass is 16.2. The van der Waals surface area contributed by atoms with Crippen molar-refractivity contribution in [3.8, 4) is 0 Å². The number of pyridine rings is 1. The van der Waals surface area contributed by atoms with E-state index in [1.54, 1.807) is 0 Å². The second-order valence-corrected chi connectivity index (χ2v) is 6.98. The lowest BCUT2D eigenvalue weighted by atomic mass is 9.93. The van der Waals surface area contributed by atoms with Gasteiger partial charge in [0.15, 0.2) is 0 Å². The number of carbonyl (C=O) groups is 1. The van der Waals surface area contributed by atoms with Gasteiger partial charge in [-0.25, -0.2) is 0 Å². The molecule has 0 bridgehead atoms. The molecule has 2 aliphatic rings. The first-order valence-corrected chi connectivity index (χ1v) is 8.73. The number of carbonyl (C=O) groups excluding carboxylic acids is 1. The third-order valence-corrected chi connectivity index (χ3v) is 4.96. The average molecular weight is 313 g/mol. The third-order valence-electron chi connectivity index (χ3n) is 4.96. The second-order valence-electron chi connectivity index (χ2n) is 6.98. The van der Waals surface area contributed by atoms with Crippen molar-refractivity contribution in [1.29, 1.82) is 0 Å². The summed E-state index contributed by atoms with van der Waals surface area (Å²) in [7, 11) is 2.16. The van der Waals surface area contributed by atoms with Crippen molar-refractivity contribution in [3.63, 3.8) is 0 Å². The van der Waals surface area contributed by atoms with Gasteiger partial charge in [-0.2, -0.15) is 0 Å². The largest absolute Gasteiger partial charge is 0.342 e. The van der Waals surface area contributed by atoms with E-state index in [0.29, 0.717) is 11.8 Å². The van der Waals surface area contributed by atoms with Crippen molar-refractivity contribution in [2.75, 3.05) is 26.7 Å². The number of hydrogen-bond acceptors (Lipinski definition) is 3. The topological polar surface area (TPSA) is 36.4 Å². The third kappa shape index (κ3) is 4.41. The van der Waals surface area contributed by atoms with Gasteiger partial charge in [0.05, 0.1) is 0 Å². The Kier molecular flexibility index (Phi) is 5.44. The summed E-state index contributed by atoms with van der Waals surface area (Å²) in [6, 6.07) is 4.10. The standard InChI is InChI=1S/C19H27N3O/c1-21(13-16-6-5-10-20-12-16)14-17-9-11-22(15-17)19(23)18-7-3-2-4-8-18/h2-3,5-6,10,12,17-18H,4,7-9,11,13-15H2,1H3. The van der Waals surface area contributed by atoms with Crippen molar-refractivity contribution in [2.24, 2.45) is 11.8 Å². The Bertz CT molecular complexity index is 543. The summed E-state index contributed by atoms with van der Waals surface area (Å²) < 4.78 is 0. The molecule has 23 heavy (non-hydrogen) atoms. The first kappa shape index (κ1) is 16.2. The van der Waals surface area contributed by atoms with Crippen LogP contribution in [0.3, 0.4) is 0 Å². The van der Waals surface area contributed by atoms with Crippen molar-refractivity contribution < 1.29 is 4.79 Å². The second kappa shape index (κ2) is 7.73. The van der Waals surface area contributed by atoms with Crippen molar-refractivity contribution in [1.82, 2.24) is 14.8 Å². The Hall–Kier alpha value is -1.68. The monoisotopic (exact) mass is 313 g/mol. The molecule has 124 valence electrons. The van der Waals surface area contributed by atoms with Crippen LogP contribution in [-0.4, -0.2) is 47.4 Å². The van der Waals surface area contributed by atoms with Crippen LogP contribution in [0.15, 0.2) is 36.7 Å². The maximum absolute atomic E-state index is 12.6. The maximum atomic E-state index is 12.6. The van der Waals surface area contributed by atoms with Gasteiger partial charge in [0.1, 0.15) is 0 Å². The van der Waals surface area contributed by atoms with Gasteiger partial charge in [0.25, 0.3) is 0 Å². The van der Waals surface area contributed by atoms with E-state index in [4.69, 9.17) is 0 Å². The van der Waals surface area contributed by atoms with Crippen LogP contribution >= 0.6 is 0 Å². The molecule has 3 rings (SSSR count). The van der Waals surface area contributed by atoms with Crippen LogP contribution in [0.2, 0.25) is 0 Å². The lowest BCUT2D eigenvalue weighted by molar-refractivity contribution is -0.134. The van der Waals surface area contributed by atoms with E-state index < -0.39 is 0 Å². The van der Waals surface area contributed by atoms with Gasteiger partial charge in [-0.05, 0) is 50.3 Å². The number of rotatable bonds is 5. The molecule has 1 aliphatic carbocycles. The fourth-order valence-corrected chi connectivity index (χ4v) is 3.77. The molecule has 0 radical (unpaired) electrons. The van der Waals surface area contributed by atoms with Crippen LogP contribution in [0.25, 0.3) is 0 Å². The van der Waals surface area contributed by atoms with E-state index in [0.717, 1.165) is 51.9 Å². The highest BCUT2D eigenvalue weighted by molar-refractivity contribution is 5.79. The molecule has 1 fully saturated rings. The fraction of sp³-hybridized carbons (Fsp3) is 0.579. The fourth-order valence-electron chi connectivity index (χ4n) is 3.77. The minimum Gasteiger partial charge on any atom is -0.342 e. The molecule has 2 unspecified atom stereocenters. The van der Waals surface area contributed by atoms with Crippen LogP contribution < -0.4 is 0 Å². The molecule has 0 saturated carbocycles. The number of allylic oxidation sites excluding steroid dienone is 2. The zero-order valence-electron chi connectivity index (χ0n) is 14.0. The minimum atomic E-state index is 0.229. The van der Waals surface area contributed by atoms with Crippen LogP contribution in [0.1, 0.15) is 31.2 Å². The van der Waals surface area contributed by atoms with E-state index in [2.05, 4.69) is 40.0 Å². The Morgan fingerprint density at radius 1 is 1.39 bits per heavy atom. The van der Waals surface area contributed by atoms with Gasteiger partial charge < -0.3 is 9.80 Å². The normalized spacial score (nSPS) is 24.3. The molecule has 2 heterocycles. The number of amides is 1. The molecule has 2 atom stereocenters. The molecule has 4 nitrogen and oxygen atoms in total. The molecule has 0 aromatic carbocycles. The molecule has 1 aromatic rings. The summed E-state index contributed by atoms with van der Waals surface area (Å²) in [6.07, 6.45) is 12.2. The molecule has 4 heteroatoms.